The number of hydrogen-bond donors (Lipinski definition) is 1. The first-order valence-corrected chi connectivity index (χ1v) is 8.34. The van der Waals surface area contributed by atoms with Crippen LogP contribution in [0, 0.1) is 0 Å². The Bertz CT molecular complexity index is 312. The van der Waals surface area contributed by atoms with Crippen molar-refractivity contribution in [2.45, 2.75) is 44.9 Å². The number of likely N-dealkylation sites (tertiary alicyclic amines) is 1. The van der Waals surface area contributed by atoms with E-state index in [4.69, 9.17) is 0 Å². The molecule has 1 N–H and O–H groups in total. The minimum atomic E-state index is -2.89. The van der Waals surface area contributed by atoms with Crippen molar-refractivity contribution in [2.24, 2.45) is 0 Å². The highest BCUT2D eigenvalue weighted by Crippen LogP contribution is 2.11. The number of rotatable bonds is 6. The standard InChI is InChI=1S/C12H26N2O2S/c1-4-13-12-6-5-7-14(10-12)8-9-17(15,16)11(2)3/h11-13H,4-10H2,1-3H3. The van der Waals surface area contributed by atoms with Gasteiger partial charge >= 0.3 is 0 Å². The van der Waals surface area contributed by atoms with Gasteiger partial charge in [0.25, 0.3) is 0 Å². The van der Waals surface area contributed by atoms with Crippen LogP contribution in [0.2, 0.25) is 0 Å². The molecule has 5 heteroatoms. The number of nitrogens with zero attached hydrogens (tertiary/aromatic N) is 1. The van der Waals surface area contributed by atoms with Gasteiger partial charge in [-0.3, -0.25) is 0 Å². The van der Waals surface area contributed by atoms with E-state index in [-0.39, 0.29) is 5.25 Å². The minimum absolute atomic E-state index is 0.253. The van der Waals surface area contributed by atoms with Gasteiger partial charge in [-0.1, -0.05) is 6.92 Å². The maximum absolute atomic E-state index is 11.7. The topological polar surface area (TPSA) is 49.4 Å². The first-order chi connectivity index (χ1) is 7.95. The smallest absolute Gasteiger partial charge is 0.153 e. The zero-order valence-corrected chi connectivity index (χ0v) is 12.1. The number of likely N-dealkylation sites (N-methyl/N-ethyl adjacent to an activating group) is 1. The molecule has 0 amide bonds. The van der Waals surface area contributed by atoms with Crippen molar-refractivity contribution >= 4 is 9.84 Å². The zero-order chi connectivity index (χ0) is 12.9. The minimum Gasteiger partial charge on any atom is -0.313 e. The first kappa shape index (κ1) is 14.9. The van der Waals surface area contributed by atoms with Crippen molar-refractivity contribution in [3.8, 4) is 0 Å². The number of nitrogens with one attached hydrogen (secondary N) is 1. The van der Waals surface area contributed by atoms with Crippen LogP contribution in [0.4, 0.5) is 0 Å². The zero-order valence-electron chi connectivity index (χ0n) is 11.3. The van der Waals surface area contributed by atoms with Gasteiger partial charge in [-0.2, -0.15) is 0 Å². The normalized spacial score (nSPS) is 23.2. The Morgan fingerprint density at radius 1 is 1.41 bits per heavy atom. The second kappa shape index (κ2) is 6.71. The Kier molecular flexibility index (Phi) is 5.89. The Morgan fingerprint density at radius 2 is 2.12 bits per heavy atom. The maximum atomic E-state index is 11.7. The molecule has 4 nitrogen and oxygen atoms in total. The highest BCUT2D eigenvalue weighted by atomic mass is 32.2. The molecule has 1 atom stereocenters. The van der Waals surface area contributed by atoms with Crippen molar-refractivity contribution in [3.63, 3.8) is 0 Å². The fourth-order valence-corrected chi connectivity index (χ4v) is 3.19. The van der Waals surface area contributed by atoms with Crippen molar-refractivity contribution < 1.29 is 8.42 Å². The number of piperidine rings is 1. The van der Waals surface area contributed by atoms with Crippen molar-refractivity contribution in [2.75, 3.05) is 31.9 Å². The molecule has 1 aliphatic rings. The van der Waals surface area contributed by atoms with E-state index in [2.05, 4.69) is 17.1 Å². The fraction of sp³-hybridized carbons (Fsp3) is 1.00. The van der Waals surface area contributed by atoms with Crippen molar-refractivity contribution in [1.29, 1.82) is 0 Å². The summed E-state index contributed by atoms with van der Waals surface area (Å²) in [4.78, 5) is 2.27. The molecule has 1 unspecified atom stereocenters. The Hall–Kier alpha value is -0.130. The average Bonchev–Trinajstić information content (AvgIpc) is 2.27. The van der Waals surface area contributed by atoms with E-state index in [0.717, 1.165) is 19.6 Å². The summed E-state index contributed by atoms with van der Waals surface area (Å²) >= 11 is 0. The van der Waals surface area contributed by atoms with Crippen LogP contribution in [-0.4, -0.2) is 56.5 Å². The summed E-state index contributed by atoms with van der Waals surface area (Å²) in [5.74, 6) is 0.295. The van der Waals surface area contributed by atoms with Crippen molar-refractivity contribution in [3.05, 3.63) is 0 Å². The molecule has 0 radical (unpaired) electrons. The lowest BCUT2D eigenvalue weighted by Crippen LogP contribution is -2.47. The van der Waals surface area contributed by atoms with E-state index >= 15 is 0 Å². The molecular weight excluding hydrogens is 236 g/mol. The summed E-state index contributed by atoms with van der Waals surface area (Å²) in [7, 11) is -2.89. The van der Waals surface area contributed by atoms with E-state index in [1.165, 1.54) is 12.8 Å². The predicted molar refractivity (Wildman–Crippen MR) is 72.1 cm³/mol. The molecule has 1 aliphatic heterocycles. The van der Waals surface area contributed by atoms with E-state index in [9.17, 15) is 8.42 Å². The third-order valence-electron chi connectivity index (χ3n) is 3.41. The van der Waals surface area contributed by atoms with Crippen LogP contribution in [-0.2, 0) is 9.84 Å². The molecule has 0 aliphatic carbocycles. The van der Waals surface area contributed by atoms with Crippen LogP contribution in [0.5, 0.6) is 0 Å². The third kappa shape index (κ3) is 4.94. The summed E-state index contributed by atoms with van der Waals surface area (Å²) in [5, 5.41) is 3.19. The van der Waals surface area contributed by atoms with Crippen LogP contribution in [0.3, 0.4) is 0 Å². The van der Waals surface area contributed by atoms with E-state index in [0.29, 0.717) is 18.3 Å². The second-order valence-corrected chi connectivity index (χ2v) is 7.79. The summed E-state index contributed by atoms with van der Waals surface area (Å²) in [6.45, 7) is 9.32. The molecule has 17 heavy (non-hydrogen) atoms. The molecular formula is C12H26N2O2S. The van der Waals surface area contributed by atoms with Crippen molar-refractivity contribution in [1.82, 2.24) is 10.2 Å². The largest absolute Gasteiger partial charge is 0.313 e. The molecule has 1 fully saturated rings. The van der Waals surface area contributed by atoms with Crippen LogP contribution in [0.25, 0.3) is 0 Å². The quantitative estimate of drug-likeness (QED) is 0.772. The molecule has 102 valence electrons. The molecule has 0 saturated carbocycles. The van der Waals surface area contributed by atoms with Crippen LogP contribution in [0.1, 0.15) is 33.6 Å². The maximum Gasteiger partial charge on any atom is 0.153 e. The lowest BCUT2D eigenvalue weighted by Gasteiger charge is -2.33. The molecule has 1 heterocycles. The summed E-state index contributed by atoms with van der Waals surface area (Å²) in [6, 6.07) is 0.538. The molecule has 0 spiro atoms. The van der Waals surface area contributed by atoms with Gasteiger partial charge in [0.1, 0.15) is 0 Å². The van der Waals surface area contributed by atoms with Crippen LogP contribution in [0.15, 0.2) is 0 Å². The SMILES string of the molecule is CCNC1CCCN(CCS(=O)(=O)C(C)C)C1. The molecule has 0 aromatic heterocycles. The predicted octanol–water partition coefficient (Wildman–Crippen LogP) is 0.884. The molecule has 0 aromatic rings. The lowest BCUT2D eigenvalue weighted by atomic mass is 10.1. The molecule has 1 saturated heterocycles. The first-order valence-electron chi connectivity index (χ1n) is 6.63. The summed E-state index contributed by atoms with van der Waals surface area (Å²) in [6.07, 6.45) is 2.38. The number of hydrogen-bond acceptors (Lipinski definition) is 4. The van der Waals surface area contributed by atoms with Gasteiger partial charge in [0.05, 0.1) is 11.0 Å². The Labute approximate surface area is 106 Å². The number of sulfone groups is 1. The van der Waals surface area contributed by atoms with Crippen LogP contribution < -0.4 is 5.32 Å². The molecule has 0 bridgehead atoms. The summed E-state index contributed by atoms with van der Waals surface area (Å²) in [5.41, 5.74) is 0. The highest BCUT2D eigenvalue weighted by molar-refractivity contribution is 7.92. The highest BCUT2D eigenvalue weighted by Gasteiger charge is 2.22. The van der Waals surface area contributed by atoms with Gasteiger partial charge in [-0.25, -0.2) is 8.42 Å². The average molecular weight is 262 g/mol. The van der Waals surface area contributed by atoms with Gasteiger partial charge in [-0.15, -0.1) is 0 Å². The van der Waals surface area contributed by atoms with E-state index in [1.54, 1.807) is 13.8 Å². The summed E-state index contributed by atoms with van der Waals surface area (Å²) < 4.78 is 23.5. The van der Waals surface area contributed by atoms with Gasteiger partial charge in [0.15, 0.2) is 9.84 Å². The Balaban J connectivity index is 2.37. The molecule has 0 aromatic carbocycles. The third-order valence-corrected chi connectivity index (χ3v) is 5.60. The second-order valence-electron chi connectivity index (χ2n) is 5.11. The van der Waals surface area contributed by atoms with Gasteiger partial charge in [-0.05, 0) is 39.8 Å². The van der Waals surface area contributed by atoms with E-state index in [1.807, 2.05) is 0 Å². The lowest BCUT2D eigenvalue weighted by molar-refractivity contribution is 0.201. The monoisotopic (exact) mass is 262 g/mol. The van der Waals surface area contributed by atoms with Crippen LogP contribution >= 0.6 is 0 Å². The van der Waals surface area contributed by atoms with Gasteiger partial charge in [0.2, 0.25) is 0 Å². The fourth-order valence-electron chi connectivity index (χ4n) is 2.21. The molecule has 1 rings (SSSR count). The Morgan fingerprint density at radius 3 is 2.71 bits per heavy atom. The van der Waals surface area contributed by atoms with Gasteiger partial charge in [0, 0.05) is 19.1 Å². The van der Waals surface area contributed by atoms with E-state index < -0.39 is 9.84 Å². The van der Waals surface area contributed by atoms with Gasteiger partial charge < -0.3 is 10.2 Å².